The van der Waals surface area contributed by atoms with E-state index >= 15 is 0 Å². The molecular formula is C24H18F2N2O2. The first-order valence-electron chi connectivity index (χ1n) is 9.36. The molecule has 1 N–H and O–H groups in total. The molecular weight excluding hydrogens is 386 g/mol. The number of carbonyl (C=O) groups excluding carboxylic acids is 1. The first-order valence-corrected chi connectivity index (χ1v) is 9.36. The number of carbonyl (C=O) groups is 1. The van der Waals surface area contributed by atoms with E-state index in [1.165, 1.54) is 12.3 Å². The van der Waals surface area contributed by atoms with Crippen molar-refractivity contribution in [3.63, 3.8) is 0 Å². The molecule has 6 heteroatoms. The standard InChI is InChI=1S/C24H18F2N2O2/c1-15-5-2-3-6-17(15)18-10-9-16(13-19(18)23-11-12-30-28-23)27-24(29)14-20-21(25)7-4-8-22(20)26/h2-13H,14H2,1H3,(H,27,29). The SMILES string of the molecule is Cc1ccccc1-c1ccc(NC(=O)Cc2c(F)cccc2F)cc1-c1ccon1. The monoisotopic (exact) mass is 404 g/mol. The van der Waals surface area contributed by atoms with Crippen LogP contribution in [0.3, 0.4) is 0 Å². The highest BCUT2D eigenvalue weighted by molar-refractivity contribution is 5.94. The van der Waals surface area contributed by atoms with Gasteiger partial charge in [-0.05, 0) is 47.9 Å². The van der Waals surface area contributed by atoms with Crippen molar-refractivity contribution in [3.05, 3.63) is 95.8 Å². The molecule has 0 radical (unpaired) electrons. The summed E-state index contributed by atoms with van der Waals surface area (Å²) in [5, 5.41) is 6.74. The van der Waals surface area contributed by atoms with E-state index in [0.29, 0.717) is 11.4 Å². The van der Waals surface area contributed by atoms with E-state index in [0.717, 1.165) is 34.4 Å². The predicted molar refractivity (Wildman–Crippen MR) is 111 cm³/mol. The number of hydrogen-bond acceptors (Lipinski definition) is 3. The van der Waals surface area contributed by atoms with Gasteiger partial charge in [0.15, 0.2) is 0 Å². The largest absolute Gasteiger partial charge is 0.364 e. The van der Waals surface area contributed by atoms with Gasteiger partial charge in [-0.15, -0.1) is 0 Å². The van der Waals surface area contributed by atoms with Crippen molar-refractivity contribution in [2.45, 2.75) is 13.3 Å². The van der Waals surface area contributed by atoms with Crippen LogP contribution in [0.2, 0.25) is 0 Å². The number of hydrogen-bond donors (Lipinski definition) is 1. The van der Waals surface area contributed by atoms with E-state index in [4.69, 9.17) is 4.52 Å². The molecule has 30 heavy (non-hydrogen) atoms. The van der Waals surface area contributed by atoms with Gasteiger partial charge in [0.2, 0.25) is 5.91 Å². The van der Waals surface area contributed by atoms with E-state index in [-0.39, 0.29) is 5.56 Å². The van der Waals surface area contributed by atoms with Gasteiger partial charge in [-0.1, -0.05) is 41.6 Å². The molecule has 0 aliphatic carbocycles. The molecule has 4 nitrogen and oxygen atoms in total. The van der Waals surface area contributed by atoms with Crippen LogP contribution in [0.15, 0.2) is 77.5 Å². The van der Waals surface area contributed by atoms with E-state index in [1.54, 1.807) is 18.2 Å². The third-order valence-corrected chi connectivity index (χ3v) is 4.85. The third-order valence-electron chi connectivity index (χ3n) is 4.85. The molecule has 0 aliphatic heterocycles. The quantitative estimate of drug-likeness (QED) is 0.459. The first kappa shape index (κ1) is 19.5. The second-order valence-electron chi connectivity index (χ2n) is 6.89. The molecule has 1 heterocycles. The van der Waals surface area contributed by atoms with Gasteiger partial charge in [0.1, 0.15) is 23.6 Å². The molecule has 0 aliphatic rings. The lowest BCUT2D eigenvalue weighted by atomic mass is 9.94. The third kappa shape index (κ3) is 3.98. The number of rotatable bonds is 5. The summed E-state index contributed by atoms with van der Waals surface area (Å²) < 4.78 is 32.7. The average molecular weight is 404 g/mol. The molecule has 0 bridgehead atoms. The Bertz CT molecular complexity index is 1180. The minimum absolute atomic E-state index is 0.261. The molecule has 0 fully saturated rings. The minimum Gasteiger partial charge on any atom is -0.364 e. The topological polar surface area (TPSA) is 55.1 Å². The summed E-state index contributed by atoms with van der Waals surface area (Å²) in [5.74, 6) is -2.01. The van der Waals surface area contributed by atoms with Crippen LogP contribution in [0.5, 0.6) is 0 Å². The Hall–Kier alpha value is -3.80. The molecule has 4 rings (SSSR count). The Balaban J connectivity index is 1.66. The zero-order valence-electron chi connectivity index (χ0n) is 16.2. The van der Waals surface area contributed by atoms with Gasteiger partial charge in [0, 0.05) is 22.9 Å². The van der Waals surface area contributed by atoms with Crippen LogP contribution >= 0.6 is 0 Å². The minimum atomic E-state index is -0.747. The lowest BCUT2D eigenvalue weighted by Gasteiger charge is -2.13. The first-order chi connectivity index (χ1) is 14.5. The molecule has 0 saturated carbocycles. The maximum absolute atomic E-state index is 13.8. The fourth-order valence-corrected chi connectivity index (χ4v) is 3.36. The lowest BCUT2D eigenvalue weighted by molar-refractivity contribution is -0.115. The number of benzene rings is 3. The van der Waals surface area contributed by atoms with Crippen LogP contribution in [0.1, 0.15) is 11.1 Å². The normalized spacial score (nSPS) is 10.8. The summed E-state index contributed by atoms with van der Waals surface area (Å²) in [6.07, 6.45) is 1.07. The van der Waals surface area contributed by atoms with Crippen molar-refractivity contribution in [2.24, 2.45) is 0 Å². The number of aromatic nitrogens is 1. The molecule has 0 unspecified atom stereocenters. The van der Waals surface area contributed by atoms with Gasteiger partial charge < -0.3 is 9.84 Å². The molecule has 1 aromatic heterocycles. The Morgan fingerprint density at radius 3 is 2.40 bits per heavy atom. The van der Waals surface area contributed by atoms with Crippen molar-refractivity contribution >= 4 is 11.6 Å². The van der Waals surface area contributed by atoms with E-state index in [2.05, 4.69) is 10.5 Å². The summed E-state index contributed by atoms with van der Waals surface area (Å²) in [7, 11) is 0. The zero-order valence-corrected chi connectivity index (χ0v) is 16.2. The van der Waals surface area contributed by atoms with Crippen LogP contribution in [-0.4, -0.2) is 11.1 Å². The van der Waals surface area contributed by atoms with Gasteiger partial charge >= 0.3 is 0 Å². The van der Waals surface area contributed by atoms with Crippen molar-refractivity contribution in [3.8, 4) is 22.4 Å². The summed E-state index contributed by atoms with van der Waals surface area (Å²) >= 11 is 0. The van der Waals surface area contributed by atoms with Gasteiger partial charge in [-0.25, -0.2) is 8.78 Å². The smallest absolute Gasteiger partial charge is 0.229 e. The van der Waals surface area contributed by atoms with Crippen LogP contribution in [0.4, 0.5) is 14.5 Å². The van der Waals surface area contributed by atoms with E-state index < -0.39 is 24.0 Å². The highest BCUT2D eigenvalue weighted by atomic mass is 19.1. The molecule has 4 aromatic rings. The maximum Gasteiger partial charge on any atom is 0.229 e. The van der Waals surface area contributed by atoms with Crippen LogP contribution < -0.4 is 5.32 Å². The van der Waals surface area contributed by atoms with Gasteiger partial charge in [0.25, 0.3) is 0 Å². The Morgan fingerprint density at radius 2 is 1.70 bits per heavy atom. The summed E-state index contributed by atoms with van der Waals surface area (Å²) in [4.78, 5) is 12.4. The summed E-state index contributed by atoms with van der Waals surface area (Å²) in [6.45, 7) is 2.01. The van der Waals surface area contributed by atoms with Gasteiger partial charge in [-0.2, -0.15) is 0 Å². The highest BCUT2D eigenvalue weighted by Crippen LogP contribution is 2.35. The summed E-state index contributed by atoms with van der Waals surface area (Å²) in [5.41, 5.74) is 4.67. The zero-order chi connectivity index (χ0) is 21.1. The summed E-state index contributed by atoms with van der Waals surface area (Å²) in [6, 6.07) is 18.6. The van der Waals surface area contributed by atoms with Crippen molar-refractivity contribution in [2.75, 3.05) is 5.32 Å². The predicted octanol–water partition coefficient (Wildman–Crippen LogP) is 5.78. The van der Waals surface area contributed by atoms with Gasteiger partial charge in [-0.3, -0.25) is 4.79 Å². The Kier molecular flexibility index (Phi) is 5.39. The fourth-order valence-electron chi connectivity index (χ4n) is 3.36. The number of halogens is 2. The van der Waals surface area contributed by atoms with E-state index in [9.17, 15) is 13.6 Å². The highest BCUT2D eigenvalue weighted by Gasteiger charge is 2.16. The number of amides is 1. The van der Waals surface area contributed by atoms with Crippen molar-refractivity contribution < 1.29 is 18.1 Å². The maximum atomic E-state index is 13.8. The molecule has 1 amide bonds. The number of nitrogens with one attached hydrogen (secondary N) is 1. The number of nitrogens with zero attached hydrogens (tertiary/aromatic N) is 1. The fraction of sp³-hybridized carbons (Fsp3) is 0.0833. The van der Waals surface area contributed by atoms with Crippen LogP contribution in [-0.2, 0) is 11.2 Å². The number of anilines is 1. The van der Waals surface area contributed by atoms with Crippen molar-refractivity contribution in [1.82, 2.24) is 5.16 Å². The molecule has 150 valence electrons. The average Bonchev–Trinajstić information content (AvgIpc) is 3.26. The molecule has 0 atom stereocenters. The van der Waals surface area contributed by atoms with Gasteiger partial charge in [0.05, 0.1) is 6.42 Å². The van der Waals surface area contributed by atoms with Crippen molar-refractivity contribution in [1.29, 1.82) is 0 Å². The van der Waals surface area contributed by atoms with Crippen LogP contribution in [0, 0.1) is 18.6 Å². The lowest BCUT2D eigenvalue weighted by Crippen LogP contribution is -2.16. The number of aryl methyl sites for hydroxylation is 1. The Morgan fingerprint density at radius 1 is 0.933 bits per heavy atom. The second kappa shape index (κ2) is 8.29. The molecule has 0 saturated heterocycles. The van der Waals surface area contributed by atoms with E-state index in [1.807, 2.05) is 37.3 Å². The molecule has 0 spiro atoms. The Labute approximate surface area is 172 Å². The second-order valence-corrected chi connectivity index (χ2v) is 6.89. The van der Waals surface area contributed by atoms with Crippen LogP contribution in [0.25, 0.3) is 22.4 Å². The molecule has 3 aromatic carbocycles.